The van der Waals surface area contributed by atoms with Crippen LogP contribution in [0.5, 0.6) is 11.5 Å². The lowest BCUT2D eigenvalue weighted by atomic mass is 10.0. The molecule has 10 heteroatoms. The molecular formula is C26H27N5O5. The second-order valence-electron chi connectivity index (χ2n) is 8.72. The molecule has 1 saturated heterocycles. The van der Waals surface area contributed by atoms with Gasteiger partial charge in [0.05, 0.1) is 25.6 Å². The van der Waals surface area contributed by atoms with Crippen LogP contribution in [-0.4, -0.2) is 54.8 Å². The lowest BCUT2D eigenvalue weighted by Crippen LogP contribution is -2.39. The summed E-state index contributed by atoms with van der Waals surface area (Å²) in [7, 11) is 3.10. The average Bonchev–Trinajstić information content (AvgIpc) is 3.30. The van der Waals surface area contributed by atoms with Crippen LogP contribution in [0.3, 0.4) is 0 Å². The maximum absolute atomic E-state index is 13.8. The number of amides is 3. The van der Waals surface area contributed by atoms with Crippen molar-refractivity contribution in [2.45, 2.75) is 25.7 Å². The zero-order valence-electron chi connectivity index (χ0n) is 20.2. The van der Waals surface area contributed by atoms with E-state index in [9.17, 15) is 14.4 Å². The first-order chi connectivity index (χ1) is 17.4. The molecule has 3 aromatic rings. The Kier molecular flexibility index (Phi) is 6.09. The van der Waals surface area contributed by atoms with Gasteiger partial charge in [0, 0.05) is 36.8 Å². The van der Waals surface area contributed by atoms with Gasteiger partial charge in [0.2, 0.25) is 5.91 Å². The molecule has 36 heavy (non-hydrogen) atoms. The van der Waals surface area contributed by atoms with E-state index in [4.69, 9.17) is 15.2 Å². The number of nitrogens with two attached hydrogens (primary N) is 1. The molecule has 0 radical (unpaired) electrons. The van der Waals surface area contributed by atoms with Crippen molar-refractivity contribution in [2.75, 3.05) is 37.1 Å². The number of ether oxygens (including phenoxy) is 2. The fourth-order valence-corrected chi connectivity index (χ4v) is 4.83. The summed E-state index contributed by atoms with van der Waals surface area (Å²) in [6.45, 7) is 0.975. The largest absolute Gasteiger partial charge is 0.497 e. The first-order valence-electron chi connectivity index (χ1n) is 11.8. The van der Waals surface area contributed by atoms with Gasteiger partial charge in [-0.05, 0) is 55.7 Å². The highest BCUT2D eigenvalue weighted by Crippen LogP contribution is 2.37. The van der Waals surface area contributed by atoms with E-state index >= 15 is 0 Å². The molecule has 3 heterocycles. The zero-order valence-corrected chi connectivity index (χ0v) is 20.2. The molecule has 3 amide bonds. The highest BCUT2D eigenvalue weighted by atomic mass is 16.5. The fraction of sp³-hybridized carbons (Fsp3) is 0.308. The van der Waals surface area contributed by atoms with Crippen molar-refractivity contribution in [3.63, 3.8) is 0 Å². The van der Waals surface area contributed by atoms with E-state index in [0.29, 0.717) is 54.4 Å². The van der Waals surface area contributed by atoms with Crippen LogP contribution < -0.4 is 25.0 Å². The molecule has 1 fully saturated rings. The Hall–Kier alpha value is -4.34. The lowest BCUT2D eigenvalue weighted by Gasteiger charge is -2.31. The van der Waals surface area contributed by atoms with Gasteiger partial charge in [0.15, 0.2) is 5.69 Å². The summed E-state index contributed by atoms with van der Waals surface area (Å²) in [5, 5.41) is 4.40. The van der Waals surface area contributed by atoms with E-state index in [0.717, 1.165) is 18.5 Å². The maximum Gasteiger partial charge on any atom is 0.277 e. The van der Waals surface area contributed by atoms with Gasteiger partial charge in [0.1, 0.15) is 17.2 Å². The summed E-state index contributed by atoms with van der Waals surface area (Å²) >= 11 is 0. The summed E-state index contributed by atoms with van der Waals surface area (Å²) in [5.74, 6) is 0.199. The van der Waals surface area contributed by atoms with Crippen molar-refractivity contribution in [1.82, 2.24) is 9.78 Å². The minimum Gasteiger partial charge on any atom is -0.497 e. The zero-order chi connectivity index (χ0) is 25.4. The molecule has 0 spiro atoms. The molecule has 2 aliphatic heterocycles. The van der Waals surface area contributed by atoms with Crippen LogP contribution in [-0.2, 0) is 11.2 Å². The number of carbonyl (C=O) groups is 3. The molecule has 0 saturated carbocycles. The van der Waals surface area contributed by atoms with E-state index in [1.165, 1.54) is 11.8 Å². The number of methoxy groups -OCH3 is 2. The standard InChI is InChI=1S/C26H27N5O5/c1-35-18-9-6-16(7-10-18)31-24-19(23(28-31)25(27)33)12-14-30(26(24)34)20-11-8-17(15-21(20)36-2)29-13-4-3-5-22(29)32/h6-11,15H,3-5,12-14H2,1-2H3,(H2,27,33). The second-order valence-corrected chi connectivity index (χ2v) is 8.72. The summed E-state index contributed by atoms with van der Waals surface area (Å²) in [5.41, 5.74) is 8.39. The highest BCUT2D eigenvalue weighted by molar-refractivity contribution is 6.10. The Labute approximate surface area is 208 Å². The molecule has 186 valence electrons. The number of aromatic nitrogens is 2. The van der Waals surface area contributed by atoms with Crippen LogP contribution in [0.15, 0.2) is 42.5 Å². The van der Waals surface area contributed by atoms with E-state index in [1.54, 1.807) is 53.3 Å². The number of fused-ring (bicyclic) bond motifs is 1. The predicted octanol–water partition coefficient (Wildman–Crippen LogP) is 2.71. The number of carbonyl (C=O) groups excluding carboxylic acids is 3. The molecule has 2 N–H and O–H groups in total. The number of anilines is 2. The van der Waals surface area contributed by atoms with Gasteiger partial charge >= 0.3 is 0 Å². The van der Waals surface area contributed by atoms with Crippen molar-refractivity contribution in [3.8, 4) is 17.2 Å². The van der Waals surface area contributed by atoms with Gasteiger partial charge in [0.25, 0.3) is 11.8 Å². The fourth-order valence-electron chi connectivity index (χ4n) is 4.83. The van der Waals surface area contributed by atoms with Crippen molar-refractivity contribution in [1.29, 1.82) is 0 Å². The van der Waals surface area contributed by atoms with E-state index in [2.05, 4.69) is 5.10 Å². The highest BCUT2D eigenvalue weighted by Gasteiger charge is 2.36. The maximum atomic E-state index is 13.8. The summed E-state index contributed by atoms with van der Waals surface area (Å²) in [6, 6.07) is 12.4. The van der Waals surface area contributed by atoms with E-state index in [1.807, 2.05) is 6.07 Å². The van der Waals surface area contributed by atoms with Gasteiger partial charge in [-0.15, -0.1) is 0 Å². The quantitative estimate of drug-likeness (QED) is 0.569. The topological polar surface area (TPSA) is 120 Å². The number of hydrogen-bond acceptors (Lipinski definition) is 6. The molecule has 10 nitrogen and oxygen atoms in total. The third kappa shape index (κ3) is 3.94. The smallest absolute Gasteiger partial charge is 0.277 e. The van der Waals surface area contributed by atoms with Crippen LogP contribution in [0.4, 0.5) is 11.4 Å². The van der Waals surface area contributed by atoms with Gasteiger partial charge < -0.3 is 25.0 Å². The second kappa shape index (κ2) is 9.37. The molecule has 0 unspecified atom stereocenters. The Bertz CT molecular complexity index is 1350. The molecule has 2 aromatic carbocycles. The van der Waals surface area contributed by atoms with Crippen molar-refractivity contribution in [3.05, 3.63) is 59.4 Å². The van der Waals surface area contributed by atoms with Crippen molar-refractivity contribution >= 4 is 29.1 Å². The molecule has 2 aliphatic rings. The summed E-state index contributed by atoms with van der Waals surface area (Å²) < 4.78 is 12.3. The first-order valence-corrected chi connectivity index (χ1v) is 11.8. The van der Waals surface area contributed by atoms with Gasteiger partial charge in [-0.2, -0.15) is 5.10 Å². The minimum atomic E-state index is -0.687. The third-order valence-corrected chi connectivity index (χ3v) is 6.66. The normalized spacial score (nSPS) is 15.6. The minimum absolute atomic E-state index is 0.0807. The van der Waals surface area contributed by atoms with Crippen LogP contribution in [0, 0.1) is 0 Å². The van der Waals surface area contributed by atoms with Crippen LogP contribution in [0.1, 0.15) is 45.8 Å². The summed E-state index contributed by atoms with van der Waals surface area (Å²) in [4.78, 5) is 41.8. The van der Waals surface area contributed by atoms with Crippen LogP contribution in [0.2, 0.25) is 0 Å². The monoisotopic (exact) mass is 489 g/mol. The molecule has 0 atom stereocenters. The van der Waals surface area contributed by atoms with Gasteiger partial charge in [-0.1, -0.05) is 0 Å². The Balaban J connectivity index is 1.55. The first kappa shape index (κ1) is 23.4. The lowest BCUT2D eigenvalue weighted by molar-refractivity contribution is -0.119. The number of nitrogens with zero attached hydrogens (tertiary/aromatic N) is 4. The van der Waals surface area contributed by atoms with E-state index < -0.39 is 5.91 Å². The average molecular weight is 490 g/mol. The molecule has 0 aliphatic carbocycles. The third-order valence-electron chi connectivity index (χ3n) is 6.66. The van der Waals surface area contributed by atoms with Crippen molar-refractivity contribution < 1.29 is 23.9 Å². The predicted molar refractivity (Wildman–Crippen MR) is 133 cm³/mol. The van der Waals surface area contributed by atoms with Crippen molar-refractivity contribution in [2.24, 2.45) is 5.73 Å². The number of primary amides is 1. The SMILES string of the molecule is COc1ccc(-n2nc(C(N)=O)c3c2C(=O)N(c2ccc(N4CCCCC4=O)cc2OC)CC3)cc1. The van der Waals surface area contributed by atoms with Gasteiger partial charge in [-0.3, -0.25) is 14.4 Å². The Morgan fingerprint density at radius 2 is 1.67 bits per heavy atom. The van der Waals surface area contributed by atoms with Crippen LogP contribution in [0.25, 0.3) is 5.69 Å². The molecular weight excluding hydrogens is 462 g/mol. The number of hydrogen-bond donors (Lipinski definition) is 1. The van der Waals surface area contributed by atoms with Crippen LogP contribution >= 0.6 is 0 Å². The number of benzene rings is 2. The molecule has 5 rings (SSSR count). The number of piperidine rings is 1. The summed E-state index contributed by atoms with van der Waals surface area (Å²) in [6.07, 6.45) is 2.76. The Morgan fingerprint density at radius 3 is 2.33 bits per heavy atom. The Morgan fingerprint density at radius 1 is 0.917 bits per heavy atom. The van der Waals surface area contributed by atoms with E-state index in [-0.39, 0.29) is 23.2 Å². The molecule has 0 bridgehead atoms. The molecule has 1 aromatic heterocycles. The van der Waals surface area contributed by atoms with Gasteiger partial charge in [-0.25, -0.2) is 4.68 Å². The number of rotatable bonds is 6.